The number of allylic oxidation sites excluding steroid dienone is 3. The van der Waals surface area contributed by atoms with Gasteiger partial charge < -0.3 is 14.9 Å². The van der Waals surface area contributed by atoms with Crippen molar-refractivity contribution in [2.45, 2.75) is 106 Å². The minimum Gasteiger partial charge on any atom is -0.478 e. The van der Waals surface area contributed by atoms with Gasteiger partial charge in [-0.05, 0) is 156 Å². The van der Waals surface area contributed by atoms with Gasteiger partial charge in [0, 0.05) is 31.1 Å². The lowest BCUT2D eigenvalue weighted by Gasteiger charge is -2.71. The Morgan fingerprint density at radius 2 is 1.53 bits per heavy atom. The molecule has 0 saturated heterocycles. The fraction of sp³-hybridized carbons (Fsp3) is 0.604. The number of fused-ring (bicyclic) bond motifs is 7. The number of hydrogen-bond acceptors (Lipinski definition) is 4. The lowest BCUT2D eigenvalue weighted by molar-refractivity contribution is -0.198. The van der Waals surface area contributed by atoms with Crippen LogP contribution in [-0.2, 0) is 16.1 Å². The zero-order valence-electron chi connectivity index (χ0n) is 34.7. The number of halogens is 1. The first-order valence-electron chi connectivity index (χ1n) is 20.8. The van der Waals surface area contributed by atoms with Gasteiger partial charge in [-0.3, -0.25) is 9.59 Å². The summed E-state index contributed by atoms with van der Waals surface area (Å²) >= 11 is 6.26. The zero-order valence-corrected chi connectivity index (χ0v) is 35.5. The van der Waals surface area contributed by atoms with Crippen molar-refractivity contribution in [3.63, 3.8) is 0 Å². The molecular weight excluding hydrogens is 704 g/mol. The second-order valence-corrected chi connectivity index (χ2v) is 20.3. The number of ketones is 1. The molecule has 0 heterocycles. The monoisotopic (exact) mass is 766 g/mol. The Kier molecular flexibility index (Phi) is 10.2. The molecule has 0 aliphatic heterocycles. The Balaban J connectivity index is 1.25. The number of nitrogens with zero attached hydrogens (tertiary/aromatic N) is 2. The SMILES string of the molecule is CC(C)C1=C2[C@H]3CC[C@@H]4[C@@]5(C)CC=C(c6ccc(C(=O)O)cc6)C(C)(C)[C@@H]5CC[C@@]4(C)[C@]3(C)CC[C@@]2(C(=O)N(CCN(C)C)Cc2ccc(Cl)cc2)CC1=O. The molecular formula is C48H63ClN2O4. The van der Waals surface area contributed by atoms with Crippen molar-refractivity contribution in [3.05, 3.63) is 87.5 Å². The maximum Gasteiger partial charge on any atom is 0.335 e. The largest absolute Gasteiger partial charge is 0.478 e. The fourth-order valence-corrected chi connectivity index (χ4v) is 13.6. The molecule has 0 bridgehead atoms. The Morgan fingerprint density at radius 3 is 2.15 bits per heavy atom. The molecule has 3 saturated carbocycles. The summed E-state index contributed by atoms with van der Waals surface area (Å²) < 4.78 is 0. The molecule has 296 valence electrons. The average molecular weight is 767 g/mol. The zero-order chi connectivity index (χ0) is 39.9. The van der Waals surface area contributed by atoms with Gasteiger partial charge in [0.2, 0.25) is 5.91 Å². The molecule has 0 unspecified atom stereocenters. The second-order valence-electron chi connectivity index (χ2n) is 19.9. The van der Waals surface area contributed by atoms with Gasteiger partial charge >= 0.3 is 5.97 Å². The van der Waals surface area contributed by atoms with Gasteiger partial charge in [-0.2, -0.15) is 0 Å². The number of benzene rings is 2. The van der Waals surface area contributed by atoms with Gasteiger partial charge in [0.15, 0.2) is 5.78 Å². The van der Waals surface area contributed by atoms with E-state index in [0.717, 1.165) is 68.2 Å². The number of aromatic carboxylic acids is 1. The molecule has 1 N–H and O–H groups in total. The van der Waals surface area contributed by atoms with E-state index in [1.165, 1.54) is 11.1 Å². The number of carbonyl (C=O) groups is 3. The summed E-state index contributed by atoms with van der Waals surface area (Å²) in [5, 5.41) is 10.2. The first-order valence-corrected chi connectivity index (χ1v) is 21.2. The molecule has 7 heteroatoms. The van der Waals surface area contributed by atoms with Crippen LogP contribution in [0.3, 0.4) is 0 Å². The van der Waals surface area contributed by atoms with E-state index in [2.05, 4.69) is 59.4 Å². The van der Waals surface area contributed by atoms with E-state index in [1.54, 1.807) is 12.1 Å². The highest BCUT2D eigenvalue weighted by Crippen LogP contribution is 2.77. The van der Waals surface area contributed by atoms with E-state index in [0.29, 0.717) is 41.9 Å². The van der Waals surface area contributed by atoms with Crippen molar-refractivity contribution in [2.24, 2.45) is 50.7 Å². The van der Waals surface area contributed by atoms with Crippen LogP contribution in [0.15, 0.2) is 65.8 Å². The molecule has 0 aromatic heterocycles. The Bertz CT molecular complexity index is 1930. The van der Waals surface area contributed by atoms with Crippen molar-refractivity contribution in [2.75, 3.05) is 27.2 Å². The van der Waals surface area contributed by atoms with Gasteiger partial charge in [-0.25, -0.2) is 4.79 Å². The van der Waals surface area contributed by atoms with Crippen LogP contribution in [-0.4, -0.2) is 59.8 Å². The van der Waals surface area contributed by atoms with E-state index in [-0.39, 0.29) is 45.2 Å². The summed E-state index contributed by atoms with van der Waals surface area (Å²) in [4.78, 5) is 45.5. The summed E-state index contributed by atoms with van der Waals surface area (Å²) in [5.74, 6) is 0.682. The van der Waals surface area contributed by atoms with Gasteiger partial charge in [-0.15, -0.1) is 0 Å². The highest BCUT2D eigenvalue weighted by molar-refractivity contribution is 6.30. The van der Waals surface area contributed by atoms with Crippen LogP contribution in [0.25, 0.3) is 5.57 Å². The molecule has 5 aliphatic carbocycles. The third-order valence-electron chi connectivity index (χ3n) is 16.3. The number of amides is 1. The number of hydrogen-bond donors (Lipinski definition) is 1. The number of carboxylic acid groups (broad SMARTS) is 1. The van der Waals surface area contributed by atoms with Crippen molar-refractivity contribution >= 4 is 34.8 Å². The van der Waals surface area contributed by atoms with Gasteiger partial charge in [0.05, 0.1) is 11.0 Å². The number of Topliss-reactive ketones (excluding diaryl/α,β-unsaturated/α-hetero) is 1. The van der Waals surface area contributed by atoms with Crippen LogP contribution in [0.4, 0.5) is 0 Å². The molecule has 0 spiro atoms. The molecule has 7 rings (SSSR count). The lowest BCUT2D eigenvalue weighted by Crippen LogP contribution is -2.64. The van der Waals surface area contributed by atoms with Crippen LogP contribution in [0.2, 0.25) is 5.02 Å². The molecule has 0 radical (unpaired) electrons. The number of rotatable bonds is 9. The number of likely N-dealkylation sites (N-methyl/N-ethyl adjacent to an activating group) is 1. The summed E-state index contributed by atoms with van der Waals surface area (Å²) in [6.45, 7) is 18.7. The maximum atomic E-state index is 15.4. The number of carbonyl (C=O) groups excluding carboxylic acids is 2. The Hall–Kier alpha value is -3.22. The standard InChI is InChI=1S/C48H63ClN2O4/c1-30(2)40-37(52)28-48(43(55)51(27-26-50(8)9)29-31-10-16-34(49)17-11-31)25-24-46(6)36(41(40)48)18-19-39-45(5)22-20-35(32-12-14-33(15-13-32)42(53)54)44(3,4)38(45)21-23-47(39,46)7/h10-17,20,30,36,38-39H,18-19,21-29H2,1-9H3,(H,53,54)/t36-,38+,39-,45+,46-,47-,48-/m1/s1. The summed E-state index contributed by atoms with van der Waals surface area (Å²) in [6.07, 6.45) is 9.82. The summed E-state index contributed by atoms with van der Waals surface area (Å²) in [6, 6.07) is 15.3. The highest BCUT2D eigenvalue weighted by Gasteiger charge is 2.70. The molecule has 2 aromatic carbocycles. The normalized spacial score (nSPS) is 33.8. The van der Waals surface area contributed by atoms with Crippen LogP contribution >= 0.6 is 11.6 Å². The van der Waals surface area contributed by atoms with E-state index < -0.39 is 11.4 Å². The van der Waals surface area contributed by atoms with E-state index in [9.17, 15) is 14.7 Å². The van der Waals surface area contributed by atoms with Crippen molar-refractivity contribution in [1.82, 2.24) is 9.80 Å². The molecule has 5 aliphatic rings. The Morgan fingerprint density at radius 1 is 0.855 bits per heavy atom. The minimum absolute atomic E-state index is 0.0424. The van der Waals surface area contributed by atoms with Crippen LogP contribution in [0.5, 0.6) is 0 Å². The van der Waals surface area contributed by atoms with Crippen LogP contribution in [0, 0.1) is 50.7 Å². The van der Waals surface area contributed by atoms with Crippen molar-refractivity contribution < 1.29 is 19.5 Å². The minimum atomic E-state index is -0.895. The molecule has 7 atom stereocenters. The first kappa shape index (κ1) is 40.0. The third kappa shape index (κ3) is 6.18. The first-order chi connectivity index (χ1) is 25.8. The topological polar surface area (TPSA) is 77.9 Å². The maximum absolute atomic E-state index is 15.4. The molecule has 2 aromatic rings. The fourth-order valence-electron chi connectivity index (χ4n) is 13.5. The second kappa shape index (κ2) is 14.0. The molecule has 3 fully saturated rings. The predicted octanol–water partition coefficient (Wildman–Crippen LogP) is 10.6. The van der Waals surface area contributed by atoms with Gasteiger partial charge in [0.1, 0.15) is 0 Å². The van der Waals surface area contributed by atoms with Gasteiger partial charge in [0.25, 0.3) is 0 Å². The van der Waals surface area contributed by atoms with Crippen LogP contribution < -0.4 is 0 Å². The van der Waals surface area contributed by atoms with Crippen LogP contribution in [0.1, 0.15) is 121 Å². The van der Waals surface area contributed by atoms with Crippen molar-refractivity contribution in [3.8, 4) is 0 Å². The summed E-state index contributed by atoms with van der Waals surface area (Å²) in [7, 11) is 4.10. The van der Waals surface area contributed by atoms with Crippen molar-refractivity contribution in [1.29, 1.82) is 0 Å². The third-order valence-corrected chi connectivity index (χ3v) is 16.5. The lowest BCUT2D eigenvalue weighted by atomic mass is 9.33. The smallest absolute Gasteiger partial charge is 0.335 e. The summed E-state index contributed by atoms with van der Waals surface area (Å²) in [5.41, 5.74) is 5.24. The van der Waals surface area contributed by atoms with Gasteiger partial charge in [-0.1, -0.05) is 90.4 Å². The predicted molar refractivity (Wildman–Crippen MR) is 222 cm³/mol. The van der Waals surface area contributed by atoms with E-state index >= 15 is 4.79 Å². The van der Waals surface area contributed by atoms with E-state index in [4.69, 9.17) is 11.6 Å². The average Bonchev–Trinajstić information content (AvgIpc) is 3.43. The highest BCUT2D eigenvalue weighted by atomic mass is 35.5. The molecule has 1 amide bonds. The molecule has 6 nitrogen and oxygen atoms in total. The Labute approximate surface area is 334 Å². The number of carboxylic acids is 1. The van der Waals surface area contributed by atoms with E-state index in [1.807, 2.05) is 55.4 Å². The quantitative estimate of drug-likeness (QED) is 0.275. The molecule has 55 heavy (non-hydrogen) atoms.